The molecule has 0 radical (unpaired) electrons. The first-order valence-electron chi connectivity index (χ1n) is 9.27. The summed E-state index contributed by atoms with van der Waals surface area (Å²) < 4.78 is 2.89. The molecule has 0 unspecified atom stereocenters. The summed E-state index contributed by atoms with van der Waals surface area (Å²) in [6.07, 6.45) is 4.17. The molecule has 29 heavy (non-hydrogen) atoms. The van der Waals surface area contributed by atoms with Crippen LogP contribution in [-0.4, -0.2) is 20.1 Å². The first kappa shape index (κ1) is 19.0. The predicted molar refractivity (Wildman–Crippen MR) is 114 cm³/mol. The molecule has 0 atom stereocenters. The summed E-state index contributed by atoms with van der Waals surface area (Å²) in [4.78, 5) is 25.2. The van der Waals surface area contributed by atoms with Crippen LogP contribution in [0.3, 0.4) is 0 Å². The summed E-state index contributed by atoms with van der Waals surface area (Å²) >= 11 is 5.93. The summed E-state index contributed by atoms with van der Waals surface area (Å²) in [5.41, 5.74) is 3.54. The van der Waals surface area contributed by atoms with E-state index in [1.54, 1.807) is 30.6 Å². The van der Waals surface area contributed by atoms with Crippen LogP contribution in [0, 0.1) is 0 Å². The number of benzene rings is 2. The lowest BCUT2D eigenvalue weighted by Crippen LogP contribution is -2.28. The minimum absolute atomic E-state index is 0.0771. The third kappa shape index (κ3) is 4.07. The van der Waals surface area contributed by atoms with Crippen molar-refractivity contribution < 1.29 is 4.79 Å². The van der Waals surface area contributed by atoms with Gasteiger partial charge in [-0.15, -0.1) is 0 Å². The Labute approximate surface area is 172 Å². The second-order valence-electron chi connectivity index (χ2n) is 6.70. The highest BCUT2D eigenvalue weighted by molar-refractivity contribution is 6.30. The molecule has 0 fully saturated rings. The molecule has 0 aliphatic heterocycles. The molecular weight excluding hydrogens is 388 g/mol. The molecule has 1 amide bonds. The maximum atomic E-state index is 12.8. The van der Waals surface area contributed by atoms with Crippen LogP contribution in [0.1, 0.15) is 12.5 Å². The van der Waals surface area contributed by atoms with Gasteiger partial charge < -0.3 is 9.88 Å². The van der Waals surface area contributed by atoms with E-state index < -0.39 is 0 Å². The normalized spacial score (nSPS) is 11.0. The molecule has 4 aromatic rings. The lowest BCUT2D eigenvalue weighted by atomic mass is 10.1. The fourth-order valence-electron chi connectivity index (χ4n) is 3.09. The number of nitrogens with one attached hydrogen (secondary N) is 1. The first-order chi connectivity index (χ1) is 14.0. The Morgan fingerprint density at radius 1 is 1.07 bits per heavy atom. The molecule has 2 aromatic heterocycles. The number of anilines is 1. The second-order valence-corrected chi connectivity index (χ2v) is 7.13. The van der Waals surface area contributed by atoms with Crippen molar-refractivity contribution in [3.05, 3.63) is 87.9 Å². The number of hydrogen-bond acceptors (Lipinski definition) is 3. The summed E-state index contributed by atoms with van der Waals surface area (Å²) in [5.74, 6) is -0.266. The van der Waals surface area contributed by atoms with E-state index in [0.717, 1.165) is 12.0 Å². The number of aryl methyl sites for hydroxylation is 1. The number of rotatable bonds is 5. The second kappa shape index (κ2) is 7.93. The van der Waals surface area contributed by atoms with Crippen LogP contribution in [0.25, 0.3) is 16.8 Å². The zero-order valence-corrected chi connectivity index (χ0v) is 16.6. The van der Waals surface area contributed by atoms with Crippen molar-refractivity contribution in [2.24, 2.45) is 0 Å². The van der Waals surface area contributed by atoms with Gasteiger partial charge in [-0.05, 0) is 42.3 Å². The summed E-state index contributed by atoms with van der Waals surface area (Å²) in [7, 11) is 0. The molecule has 0 spiro atoms. The molecule has 0 bridgehead atoms. The highest BCUT2D eigenvalue weighted by Gasteiger charge is 2.11. The lowest BCUT2D eigenvalue weighted by molar-refractivity contribution is -0.116. The summed E-state index contributed by atoms with van der Waals surface area (Å²) in [6.45, 7) is 2.00. The van der Waals surface area contributed by atoms with Crippen LogP contribution in [0.15, 0.2) is 71.8 Å². The number of carbonyl (C=O) groups excluding carboxylic acids is 1. The Morgan fingerprint density at radius 3 is 2.48 bits per heavy atom. The van der Waals surface area contributed by atoms with Gasteiger partial charge in [0, 0.05) is 28.7 Å². The molecule has 146 valence electrons. The van der Waals surface area contributed by atoms with E-state index in [0.29, 0.717) is 21.9 Å². The fraction of sp³-hybridized carbons (Fsp3) is 0.136. The predicted octanol–water partition coefficient (Wildman–Crippen LogP) is 4.02. The minimum atomic E-state index is -0.281. The van der Waals surface area contributed by atoms with Gasteiger partial charge >= 0.3 is 0 Å². The number of halogens is 1. The van der Waals surface area contributed by atoms with Gasteiger partial charge in [0.15, 0.2) is 0 Å². The van der Waals surface area contributed by atoms with Crippen LogP contribution in [0.2, 0.25) is 5.02 Å². The van der Waals surface area contributed by atoms with Crippen molar-refractivity contribution in [2.45, 2.75) is 19.9 Å². The molecular formula is C22H19ClN4O2. The van der Waals surface area contributed by atoms with Crippen LogP contribution < -0.4 is 10.9 Å². The van der Waals surface area contributed by atoms with Crippen LogP contribution >= 0.6 is 11.6 Å². The number of aromatic nitrogens is 3. The van der Waals surface area contributed by atoms with Crippen molar-refractivity contribution in [1.82, 2.24) is 14.2 Å². The fourth-order valence-corrected chi connectivity index (χ4v) is 3.22. The van der Waals surface area contributed by atoms with Crippen molar-refractivity contribution in [3.63, 3.8) is 0 Å². The van der Waals surface area contributed by atoms with Gasteiger partial charge in [-0.3, -0.25) is 9.59 Å². The molecule has 6 nitrogen and oxygen atoms in total. The van der Waals surface area contributed by atoms with Gasteiger partial charge in [0.2, 0.25) is 5.91 Å². The molecule has 7 heteroatoms. The molecule has 4 rings (SSSR count). The number of hydrogen-bond donors (Lipinski definition) is 1. The van der Waals surface area contributed by atoms with Crippen molar-refractivity contribution in [2.75, 3.05) is 5.32 Å². The molecule has 0 saturated carbocycles. The Balaban J connectivity index is 1.56. The van der Waals surface area contributed by atoms with Gasteiger partial charge in [0.1, 0.15) is 12.1 Å². The van der Waals surface area contributed by atoms with Crippen molar-refractivity contribution in [3.8, 4) is 11.3 Å². The average Bonchev–Trinajstić information content (AvgIpc) is 3.16. The molecule has 1 N–H and O–H groups in total. The number of nitrogens with zero attached hydrogens (tertiary/aromatic N) is 3. The zero-order valence-electron chi connectivity index (χ0n) is 15.8. The Hall–Kier alpha value is -3.38. The van der Waals surface area contributed by atoms with Gasteiger partial charge in [-0.25, -0.2) is 4.52 Å². The van der Waals surface area contributed by atoms with E-state index in [4.69, 9.17) is 11.6 Å². The SMILES string of the molecule is CCc1ccc(NC(=O)Cn2ccn3nc(-c4ccc(Cl)cc4)cc3c2=O)cc1. The minimum Gasteiger partial charge on any atom is -0.325 e. The molecule has 0 aliphatic rings. The maximum Gasteiger partial charge on any atom is 0.277 e. The molecule has 2 heterocycles. The van der Waals surface area contributed by atoms with Gasteiger partial charge in [0.25, 0.3) is 5.56 Å². The monoisotopic (exact) mass is 406 g/mol. The first-order valence-corrected chi connectivity index (χ1v) is 9.65. The smallest absolute Gasteiger partial charge is 0.277 e. The standard InChI is InChI=1S/C22H19ClN4O2/c1-2-15-3-9-18(10-4-15)24-21(28)14-26-11-12-27-20(22(26)29)13-19(25-27)16-5-7-17(23)8-6-16/h3-13H,2,14H2,1H3,(H,24,28). The average molecular weight is 407 g/mol. The van der Waals surface area contributed by atoms with E-state index in [1.165, 1.54) is 14.6 Å². The number of carbonyl (C=O) groups is 1. The Bertz CT molecular complexity index is 1220. The van der Waals surface area contributed by atoms with Crippen LogP contribution in [0.4, 0.5) is 5.69 Å². The quantitative estimate of drug-likeness (QED) is 0.544. The highest BCUT2D eigenvalue weighted by Crippen LogP contribution is 2.20. The maximum absolute atomic E-state index is 12.8. The third-order valence-electron chi connectivity index (χ3n) is 4.70. The topological polar surface area (TPSA) is 68.4 Å². The number of fused-ring (bicyclic) bond motifs is 1. The number of amides is 1. The van der Waals surface area contributed by atoms with Crippen LogP contribution in [-0.2, 0) is 17.8 Å². The third-order valence-corrected chi connectivity index (χ3v) is 4.96. The van der Waals surface area contributed by atoms with E-state index in [9.17, 15) is 9.59 Å². The largest absolute Gasteiger partial charge is 0.325 e. The van der Waals surface area contributed by atoms with Crippen molar-refractivity contribution >= 4 is 28.7 Å². The van der Waals surface area contributed by atoms with E-state index in [-0.39, 0.29) is 18.0 Å². The zero-order chi connectivity index (χ0) is 20.4. The lowest BCUT2D eigenvalue weighted by Gasteiger charge is -2.08. The van der Waals surface area contributed by atoms with Crippen molar-refractivity contribution in [1.29, 1.82) is 0 Å². The Kier molecular flexibility index (Phi) is 5.18. The molecule has 2 aromatic carbocycles. The molecule has 0 aliphatic carbocycles. The van der Waals surface area contributed by atoms with Gasteiger partial charge in [-0.2, -0.15) is 5.10 Å². The summed E-state index contributed by atoms with van der Waals surface area (Å²) in [6, 6.07) is 16.6. The van der Waals surface area contributed by atoms with Crippen LogP contribution in [0.5, 0.6) is 0 Å². The van der Waals surface area contributed by atoms with E-state index >= 15 is 0 Å². The molecule has 0 saturated heterocycles. The highest BCUT2D eigenvalue weighted by atomic mass is 35.5. The summed E-state index contributed by atoms with van der Waals surface area (Å²) in [5, 5.41) is 7.89. The Morgan fingerprint density at radius 2 is 1.79 bits per heavy atom. The van der Waals surface area contributed by atoms with E-state index in [1.807, 2.05) is 36.4 Å². The van der Waals surface area contributed by atoms with E-state index in [2.05, 4.69) is 17.3 Å². The van der Waals surface area contributed by atoms with Gasteiger partial charge in [-0.1, -0.05) is 42.8 Å². The van der Waals surface area contributed by atoms with Gasteiger partial charge in [0.05, 0.1) is 5.69 Å².